The number of H-pyrrole nitrogens is 1. The second-order valence-electron chi connectivity index (χ2n) is 4.54. The Balaban J connectivity index is 2.23. The zero-order valence-corrected chi connectivity index (χ0v) is 11.0. The van der Waals surface area contributed by atoms with Gasteiger partial charge in [-0.3, -0.25) is 9.89 Å². The average Bonchev–Trinajstić information content (AvgIpc) is 2.86. The van der Waals surface area contributed by atoms with Crippen molar-refractivity contribution in [2.24, 2.45) is 0 Å². The van der Waals surface area contributed by atoms with E-state index < -0.39 is 5.82 Å². The number of hydrogen-bond donors (Lipinski definition) is 1. The molecule has 6 heteroatoms. The molecule has 2 rings (SSSR count). The fraction of sp³-hybridized carbons (Fsp3) is 0.308. The number of nitrogens with zero attached hydrogens (tertiary/aromatic N) is 3. The zero-order valence-electron chi connectivity index (χ0n) is 11.0. The molecule has 0 atom stereocenters. The third kappa shape index (κ3) is 2.78. The lowest BCUT2D eigenvalue weighted by Crippen LogP contribution is -2.27. The summed E-state index contributed by atoms with van der Waals surface area (Å²) < 4.78 is 13.1. The molecule has 100 valence electrons. The van der Waals surface area contributed by atoms with Crippen molar-refractivity contribution in [3.05, 3.63) is 41.7 Å². The minimum absolute atomic E-state index is 0.0791. The molecule has 5 nitrogen and oxygen atoms in total. The summed E-state index contributed by atoms with van der Waals surface area (Å²) in [6.07, 6.45) is 0. The van der Waals surface area contributed by atoms with E-state index >= 15 is 0 Å². The van der Waals surface area contributed by atoms with E-state index in [2.05, 4.69) is 15.2 Å². The van der Waals surface area contributed by atoms with Crippen LogP contribution in [0.3, 0.4) is 0 Å². The van der Waals surface area contributed by atoms with Gasteiger partial charge in [-0.05, 0) is 18.2 Å². The Labute approximate surface area is 110 Å². The monoisotopic (exact) mass is 262 g/mol. The second-order valence-corrected chi connectivity index (χ2v) is 4.54. The van der Waals surface area contributed by atoms with Crippen LogP contribution in [0.25, 0.3) is 0 Å². The molecule has 0 fully saturated rings. The van der Waals surface area contributed by atoms with Crippen molar-refractivity contribution in [3.8, 4) is 0 Å². The SMILES string of the molecule is CC(C)c1nc(C(=O)N(C)c2cccc(F)c2)n[nH]1. The summed E-state index contributed by atoms with van der Waals surface area (Å²) in [5.41, 5.74) is 0.459. The Bertz CT molecular complexity index is 594. The lowest BCUT2D eigenvalue weighted by molar-refractivity contribution is 0.0983. The van der Waals surface area contributed by atoms with Crippen molar-refractivity contribution in [1.29, 1.82) is 0 Å². The quantitative estimate of drug-likeness (QED) is 0.923. The molecular weight excluding hydrogens is 247 g/mol. The standard InChI is InChI=1S/C13H15FN4O/c1-8(2)11-15-12(17-16-11)13(19)18(3)10-6-4-5-9(14)7-10/h4-8H,1-3H3,(H,15,16,17). The van der Waals surface area contributed by atoms with Gasteiger partial charge in [0.2, 0.25) is 5.82 Å². The topological polar surface area (TPSA) is 61.9 Å². The molecule has 19 heavy (non-hydrogen) atoms. The summed E-state index contributed by atoms with van der Waals surface area (Å²) in [7, 11) is 1.56. The van der Waals surface area contributed by atoms with Gasteiger partial charge in [-0.1, -0.05) is 19.9 Å². The van der Waals surface area contributed by atoms with E-state index in [4.69, 9.17) is 0 Å². The highest BCUT2D eigenvalue weighted by Crippen LogP contribution is 2.16. The van der Waals surface area contributed by atoms with Gasteiger partial charge < -0.3 is 4.90 Å². The maximum Gasteiger partial charge on any atom is 0.297 e. The molecule has 0 saturated carbocycles. The van der Waals surface area contributed by atoms with Gasteiger partial charge in [-0.25, -0.2) is 9.37 Å². The molecule has 1 aromatic carbocycles. The van der Waals surface area contributed by atoms with Gasteiger partial charge in [0.25, 0.3) is 5.91 Å². The molecule has 0 unspecified atom stereocenters. The van der Waals surface area contributed by atoms with Crippen LogP contribution in [0.2, 0.25) is 0 Å². The first-order chi connectivity index (χ1) is 8.99. The number of amides is 1. The van der Waals surface area contributed by atoms with Crippen LogP contribution < -0.4 is 4.90 Å². The Hall–Kier alpha value is -2.24. The fourth-order valence-electron chi connectivity index (χ4n) is 1.58. The van der Waals surface area contributed by atoms with Gasteiger partial charge >= 0.3 is 0 Å². The summed E-state index contributed by atoms with van der Waals surface area (Å²) in [6.45, 7) is 3.90. The number of aromatic nitrogens is 3. The van der Waals surface area contributed by atoms with Crippen LogP contribution in [-0.4, -0.2) is 28.1 Å². The predicted molar refractivity (Wildman–Crippen MR) is 69.6 cm³/mol. The van der Waals surface area contributed by atoms with Gasteiger partial charge in [-0.2, -0.15) is 0 Å². The summed E-state index contributed by atoms with van der Waals surface area (Å²) in [6, 6.07) is 5.81. The molecule has 0 bridgehead atoms. The molecule has 1 N–H and O–H groups in total. The van der Waals surface area contributed by atoms with Gasteiger partial charge in [0, 0.05) is 18.7 Å². The van der Waals surface area contributed by atoms with E-state index in [1.165, 1.54) is 17.0 Å². The highest BCUT2D eigenvalue weighted by molar-refractivity contribution is 6.03. The first-order valence-corrected chi connectivity index (χ1v) is 5.95. The van der Waals surface area contributed by atoms with Gasteiger partial charge in [-0.15, -0.1) is 5.10 Å². The van der Waals surface area contributed by atoms with E-state index in [1.807, 2.05) is 13.8 Å². The lowest BCUT2D eigenvalue weighted by Gasteiger charge is -2.15. The average molecular weight is 262 g/mol. The Morgan fingerprint density at radius 3 is 2.74 bits per heavy atom. The minimum Gasteiger partial charge on any atom is -0.309 e. The fourth-order valence-corrected chi connectivity index (χ4v) is 1.58. The maximum absolute atomic E-state index is 13.1. The van der Waals surface area contributed by atoms with Crippen molar-refractivity contribution in [3.63, 3.8) is 0 Å². The number of rotatable bonds is 3. The highest BCUT2D eigenvalue weighted by Gasteiger charge is 2.19. The van der Waals surface area contributed by atoms with Crippen molar-refractivity contribution in [2.75, 3.05) is 11.9 Å². The summed E-state index contributed by atoms with van der Waals surface area (Å²) in [4.78, 5) is 17.6. The van der Waals surface area contributed by atoms with Crippen LogP contribution in [0.4, 0.5) is 10.1 Å². The zero-order chi connectivity index (χ0) is 14.0. The number of carbonyl (C=O) groups excluding carboxylic acids is 1. The van der Waals surface area contributed by atoms with Crippen LogP contribution in [0.15, 0.2) is 24.3 Å². The van der Waals surface area contributed by atoms with Crippen LogP contribution in [0.1, 0.15) is 36.2 Å². The first-order valence-electron chi connectivity index (χ1n) is 5.95. The van der Waals surface area contributed by atoms with Crippen molar-refractivity contribution >= 4 is 11.6 Å². The van der Waals surface area contributed by atoms with E-state index in [-0.39, 0.29) is 17.6 Å². The number of halogens is 1. The van der Waals surface area contributed by atoms with E-state index in [0.717, 1.165) is 0 Å². The highest BCUT2D eigenvalue weighted by atomic mass is 19.1. The molecule has 2 aromatic rings. The van der Waals surface area contributed by atoms with Crippen LogP contribution in [-0.2, 0) is 0 Å². The smallest absolute Gasteiger partial charge is 0.297 e. The number of anilines is 1. The van der Waals surface area contributed by atoms with E-state index in [1.54, 1.807) is 19.2 Å². The summed E-state index contributed by atoms with van der Waals surface area (Å²) >= 11 is 0. The largest absolute Gasteiger partial charge is 0.309 e. The molecule has 0 aliphatic rings. The maximum atomic E-state index is 13.1. The number of nitrogens with one attached hydrogen (secondary N) is 1. The van der Waals surface area contributed by atoms with Gasteiger partial charge in [0.15, 0.2) is 0 Å². The lowest BCUT2D eigenvalue weighted by atomic mass is 10.2. The molecule has 0 spiro atoms. The Kier molecular flexibility index (Phi) is 3.59. The van der Waals surface area contributed by atoms with E-state index in [0.29, 0.717) is 11.5 Å². The second kappa shape index (κ2) is 5.17. The van der Waals surface area contributed by atoms with Crippen molar-refractivity contribution in [1.82, 2.24) is 15.2 Å². The number of hydrogen-bond acceptors (Lipinski definition) is 3. The van der Waals surface area contributed by atoms with Crippen LogP contribution in [0, 0.1) is 5.82 Å². The third-order valence-corrected chi connectivity index (χ3v) is 2.74. The normalized spacial score (nSPS) is 10.8. The number of aromatic amines is 1. The first kappa shape index (κ1) is 13.2. The number of carbonyl (C=O) groups is 1. The Morgan fingerprint density at radius 1 is 1.42 bits per heavy atom. The van der Waals surface area contributed by atoms with Gasteiger partial charge in [0.05, 0.1) is 0 Å². The summed E-state index contributed by atoms with van der Waals surface area (Å²) in [5.74, 6) is 0.115. The Morgan fingerprint density at radius 2 is 2.16 bits per heavy atom. The van der Waals surface area contributed by atoms with Crippen molar-refractivity contribution < 1.29 is 9.18 Å². The molecule has 0 saturated heterocycles. The molecule has 0 aliphatic heterocycles. The molecule has 1 heterocycles. The molecule has 1 amide bonds. The van der Waals surface area contributed by atoms with Crippen LogP contribution in [0.5, 0.6) is 0 Å². The van der Waals surface area contributed by atoms with Gasteiger partial charge in [0.1, 0.15) is 11.6 Å². The van der Waals surface area contributed by atoms with Crippen molar-refractivity contribution in [2.45, 2.75) is 19.8 Å². The minimum atomic E-state index is -0.394. The number of benzene rings is 1. The molecule has 0 aliphatic carbocycles. The third-order valence-electron chi connectivity index (χ3n) is 2.74. The molecule has 0 radical (unpaired) electrons. The van der Waals surface area contributed by atoms with Crippen LogP contribution >= 0.6 is 0 Å². The predicted octanol–water partition coefficient (Wildman–Crippen LogP) is 2.34. The molecule has 1 aromatic heterocycles. The summed E-state index contributed by atoms with van der Waals surface area (Å²) in [5, 5.41) is 6.61. The van der Waals surface area contributed by atoms with E-state index in [9.17, 15) is 9.18 Å². The molecular formula is C13H15FN4O.